The van der Waals surface area contributed by atoms with Gasteiger partial charge in [0.2, 0.25) is 0 Å². The predicted molar refractivity (Wildman–Crippen MR) is 68.1 cm³/mol. The molecule has 0 aliphatic carbocycles. The van der Waals surface area contributed by atoms with E-state index < -0.39 is 17.9 Å². The van der Waals surface area contributed by atoms with E-state index in [9.17, 15) is 22.7 Å². The van der Waals surface area contributed by atoms with E-state index in [0.717, 1.165) is 12.1 Å². The molecule has 0 saturated heterocycles. The summed E-state index contributed by atoms with van der Waals surface area (Å²) < 4.78 is 51.6. The maximum atomic E-state index is 13.6. The molecule has 0 saturated carbocycles. The van der Waals surface area contributed by atoms with Crippen molar-refractivity contribution in [3.8, 4) is 16.9 Å². The van der Waals surface area contributed by atoms with Crippen LogP contribution in [-0.2, 0) is 6.18 Å². The molecule has 20 heavy (non-hydrogen) atoms. The van der Waals surface area contributed by atoms with Crippen LogP contribution < -0.4 is 0 Å². The maximum absolute atomic E-state index is 13.6. The lowest BCUT2D eigenvalue weighted by atomic mass is 9.95. The second-order valence-corrected chi connectivity index (χ2v) is 4.47. The third-order valence-electron chi connectivity index (χ3n) is 2.96. The van der Waals surface area contributed by atoms with Crippen LogP contribution in [0.1, 0.15) is 24.2 Å². The Labute approximate surface area is 113 Å². The van der Waals surface area contributed by atoms with Crippen LogP contribution in [0.5, 0.6) is 5.75 Å². The summed E-state index contributed by atoms with van der Waals surface area (Å²) in [7, 11) is 0. The van der Waals surface area contributed by atoms with Crippen LogP contribution >= 0.6 is 0 Å². The molecule has 0 aromatic heterocycles. The molecule has 1 unspecified atom stereocenters. The summed E-state index contributed by atoms with van der Waals surface area (Å²) in [5.41, 5.74) is -0.0342. The Kier molecular flexibility index (Phi) is 3.70. The number of hydrogen-bond donors (Lipinski definition) is 1. The van der Waals surface area contributed by atoms with Gasteiger partial charge in [-0.2, -0.15) is 13.2 Å². The van der Waals surface area contributed by atoms with Gasteiger partial charge in [-0.1, -0.05) is 18.2 Å². The molecule has 2 rings (SSSR count). The Hall–Kier alpha value is -2.04. The Bertz CT molecular complexity index is 618. The first-order valence-electron chi connectivity index (χ1n) is 5.93. The molecular weight excluding hydrogens is 272 g/mol. The lowest BCUT2D eigenvalue weighted by Crippen LogP contribution is -2.04. The number of phenolic OH excluding ortho intramolecular Hbond substituents is 1. The number of alkyl halides is 4. The molecule has 0 amide bonds. The summed E-state index contributed by atoms with van der Waals surface area (Å²) >= 11 is 0. The van der Waals surface area contributed by atoms with Crippen molar-refractivity contribution in [1.29, 1.82) is 0 Å². The van der Waals surface area contributed by atoms with Gasteiger partial charge in [-0.05, 0) is 47.9 Å². The fourth-order valence-electron chi connectivity index (χ4n) is 2.01. The third-order valence-corrected chi connectivity index (χ3v) is 2.96. The highest BCUT2D eigenvalue weighted by molar-refractivity contribution is 5.69. The van der Waals surface area contributed by atoms with Gasteiger partial charge in [-0.15, -0.1) is 0 Å². The number of halogens is 4. The van der Waals surface area contributed by atoms with Gasteiger partial charge in [0.25, 0.3) is 0 Å². The Morgan fingerprint density at radius 3 is 2.35 bits per heavy atom. The average molecular weight is 284 g/mol. The zero-order valence-corrected chi connectivity index (χ0v) is 10.6. The lowest BCUT2D eigenvalue weighted by Gasteiger charge is -2.13. The van der Waals surface area contributed by atoms with Gasteiger partial charge < -0.3 is 5.11 Å². The summed E-state index contributed by atoms with van der Waals surface area (Å²) in [6.45, 7) is 1.27. The number of hydrogen-bond acceptors (Lipinski definition) is 1. The largest absolute Gasteiger partial charge is 0.508 e. The van der Waals surface area contributed by atoms with Gasteiger partial charge in [0.1, 0.15) is 11.9 Å². The molecule has 0 radical (unpaired) electrons. The van der Waals surface area contributed by atoms with E-state index in [2.05, 4.69) is 0 Å². The minimum Gasteiger partial charge on any atom is -0.508 e. The minimum atomic E-state index is -4.45. The van der Waals surface area contributed by atoms with Crippen LogP contribution in [0.3, 0.4) is 0 Å². The monoisotopic (exact) mass is 284 g/mol. The molecule has 0 aliphatic rings. The summed E-state index contributed by atoms with van der Waals surface area (Å²) in [5.74, 6) is -0.125. The van der Waals surface area contributed by atoms with E-state index >= 15 is 0 Å². The number of phenols is 1. The van der Waals surface area contributed by atoms with Crippen molar-refractivity contribution in [2.75, 3.05) is 0 Å². The summed E-state index contributed by atoms with van der Waals surface area (Å²) in [6.07, 6.45) is -5.85. The van der Waals surface area contributed by atoms with Crippen molar-refractivity contribution in [3.63, 3.8) is 0 Å². The first-order valence-corrected chi connectivity index (χ1v) is 5.93. The molecule has 0 aliphatic heterocycles. The molecule has 0 spiro atoms. The van der Waals surface area contributed by atoms with Crippen LogP contribution in [0.2, 0.25) is 0 Å². The molecule has 1 atom stereocenters. The fraction of sp³-hybridized carbons (Fsp3) is 0.200. The SMILES string of the molecule is CC(F)c1cc(O)ccc1-c1cccc(C(F)(F)F)c1. The van der Waals surface area contributed by atoms with Crippen molar-refractivity contribution in [1.82, 2.24) is 0 Å². The molecule has 0 bridgehead atoms. The van der Waals surface area contributed by atoms with Crippen molar-refractivity contribution in [3.05, 3.63) is 53.6 Å². The highest BCUT2D eigenvalue weighted by Crippen LogP contribution is 2.36. The van der Waals surface area contributed by atoms with E-state index in [4.69, 9.17) is 0 Å². The zero-order chi connectivity index (χ0) is 14.9. The lowest BCUT2D eigenvalue weighted by molar-refractivity contribution is -0.137. The first kappa shape index (κ1) is 14.4. The van der Waals surface area contributed by atoms with Crippen molar-refractivity contribution in [2.45, 2.75) is 19.3 Å². The Morgan fingerprint density at radius 1 is 1.05 bits per heavy atom. The molecule has 106 valence electrons. The van der Waals surface area contributed by atoms with Gasteiger partial charge >= 0.3 is 6.18 Å². The van der Waals surface area contributed by atoms with E-state index in [1.165, 1.54) is 37.3 Å². The van der Waals surface area contributed by atoms with Crippen LogP contribution in [0, 0.1) is 0 Å². The van der Waals surface area contributed by atoms with E-state index in [1.54, 1.807) is 0 Å². The highest BCUT2D eigenvalue weighted by Gasteiger charge is 2.30. The van der Waals surface area contributed by atoms with E-state index in [0.29, 0.717) is 5.56 Å². The molecule has 5 heteroatoms. The maximum Gasteiger partial charge on any atom is 0.416 e. The van der Waals surface area contributed by atoms with Crippen LogP contribution in [-0.4, -0.2) is 5.11 Å². The number of rotatable bonds is 2. The summed E-state index contributed by atoms with van der Waals surface area (Å²) in [5, 5.41) is 9.37. The molecule has 1 N–H and O–H groups in total. The van der Waals surface area contributed by atoms with Crippen LogP contribution in [0.15, 0.2) is 42.5 Å². The van der Waals surface area contributed by atoms with E-state index in [1.807, 2.05) is 0 Å². The second-order valence-electron chi connectivity index (χ2n) is 4.47. The van der Waals surface area contributed by atoms with Gasteiger partial charge in [-0.25, -0.2) is 4.39 Å². The van der Waals surface area contributed by atoms with Crippen LogP contribution in [0.4, 0.5) is 17.6 Å². The fourth-order valence-corrected chi connectivity index (χ4v) is 2.01. The molecule has 2 aromatic carbocycles. The average Bonchev–Trinajstić information content (AvgIpc) is 2.37. The highest BCUT2D eigenvalue weighted by atomic mass is 19.4. The van der Waals surface area contributed by atoms with E-state index in [-0.39, 0.29) is 16.9 Å². The van der Waals surface area contributed by atoms with Crippen LogP contribution in [0.25, 0.3) is 11.1 Å². The van der Waals surface area contributed by atoms with Gasteiger partial charge in [0.15, 0.2) is 0 Å². The first-order chi connectivity index (χ1) is 9.29. The third kappa shape index (κ3) is 2.92. The Balaban J connectivity index is 2.57. The molecule has 0 heterocycles. The van der Waals surface area contributed by atoms with Crippen molar-refractivity contribution >= 4 is 0 Å². The normalized spacial score (nSPS) is 13.2. The predicted octanol–water partition coefficient (Wildman–Crippen LogP) is 5.11. The minimum absolute atomic E-state index is 0.125. The summed E-state index contributed by atoms with van der Waals surface area (Å²) in [4.78, 5) is 0. The Morgan fingerprint density at radius 2 is 1.75 bits per heavy atom. The molecule has 1 nitrogen and oxygen atoms in total. The van der Waals surface area contributed by atoms with Crippen molar-refractivity contribution < 1.29 is 22.7 Å². The quantitative estimate of drug-likeness (QED) is 0.760. The molecule has 2 aromatic rings. The zero-order valence-electron chi connectivity index (χ0n) is 10.6. The number of benzene rings is 2. The smallest absolute Gasteiger partial charge is 0.416 e. The van der Waals surface area contributed by atoms with Gasteiger partial charge in [-0.3, -0.25) is 0 Å². The van der Waals surface area contributed by atoms with Crippen molar-refractivity contribution in [2.24, 2.45) is 0 Å². The number of aromatic hydroxyl groups is 1. The van der Waals surface area contributed by atoms with Gasteiger partial charge in [0, 0.05) is 0 Å². The topological polar surface area (TPSA) is 20.2 Å². The molecular formula is C15H12F4O. The summed E-state index contributed by atoms with van der Waals surface area (Å²) in [6, 6.07) is 8.64. The molecule has 0 fully saturated rings. The second kappa shape index (κ2) is 5.15. The van der Waals surface area contributed by atoms with Gasteiger partial charge in [0.05, 0.1) is 5.56 Å². The standard InChI is InChI=1S/C15H12F4O/c1-9(16)14-8-12(20)5-6-13(14)10-3-2-4-11(7-10)15(17,18)19/h2-9,20H,1H3.